The maximum atomic E-state index is 11.1. The van der Waals surface area contributed by atoms with E-state index in [0.29, 0.717) is 0 Å². The predicted octanol–water partition coefficient (Wildman–Crippen LogP) is -2.40. The fourth-order valence-corrected chi connectivity index (χ4v) is 1.93. The van der Waals surface area contributed by atoms with Crippen molar-refractivity contribution in [1.29, 1.82) is 0 Å². The van der Waals surface area contributed by atoms with Gasteiger partial charge >= 0.3 is 18.0 Å². The van der Waals surface area contributed by atoms with Gasteiger partial charge in [-0.15, -0.1) is 0 Å². The number of urea groups is 1. The fraction of sp³-hybridized carbons (Fsp3) is 0.727. The molecule has 21 heavy (non-hydrogen) atoms. The van der Waals surface area contributed by atoms with Gasteiger partial charge < -0.3 is 35.5 Å². The number of carbonyl (C=O) groups is 3. The van der Waals surface area contributed by atoms with E-state index < -0.39 is 48.6 Å². The molecule has 0 aromatic rings. The minimum atomic E-state index is -1.61. The Balaban J connectivity index is 2.86. The van der Waals surface area contributed by atoms with Crippen LogP contribution >= 0.6 is 0 Å². The van der Waals surface area contributed by atoms with Crippen LogP contribution in [0.3, 0.4) is 0 Å². The van der Waals surface area contributed by atoms with Crippen LogP contribution in [-0.2, 0) is 23.8 Å². The molecule has 0 saturated carbocycles. The number of aliphatic hydroxyl groups is 2. The summed E-state index contributed by atoms with van der Waals surface area (Å²) in [5.41, 5.74) is 4.92. The van der Waals surface area contributed by atoms with Crippen LogP contribution in [0.15, 0.2) is 0 Å². The van der Waals surface area contributed by atoms with Gasteiger partial charge in [0.2, 0.25) is 0 Å². The van der Waals surface area contributed by atoms with Gasteiger partial charge in [0, 0.05) is 13.8 Å². The van der Waals surface area contributed by atoms with E-state index in [1.807, 2.05) is 0 Å². The van der Waals surface area contributed by atoms with Crippen LogP contribution in [-0.4, -0.2) is 65.4 Å². The van der Waals surface area contributed by atoms with Crippen LogP contribution in [0.5, 0.6) is 0 Å². The molecular formula is C11H18N2O8. The normalized spacial score (nSPS) is 32.1. The van der Waals surface area contributed by atoms with Crippen molar-refractivity contribution in [2.24, 2.45) is 5.73 Å². The first-order chi connectivity index (χ1) is 9.72. The second kappa shape index (κ2) is 7.20. The van der Waals surface area contributed by atoms with Gasteiger partial charge in [-0.3, -0.25) is 9.59 Å². The van der Waals surface area contributed by atoms with Crippen molar-refractivity contribution in [3.8, 4) is 0 Å². The molecule has 5 N–H and O–H groups in total. The van der Waals surface area contributed by atoms with Crippen molar-refractivity contribution in [2.45, 2.75) is 44.5 Å². The van der Waals surface area contributed by atoms with Gasteiger partial charge in [0.15, 0.2) is 12.4 Å². The largest absolute Gasteiger partial charge is 0.463 e. The molecule has 1 rings (SSSR count). The number of carbonyl (C=O) groups excluding carboxylic acids is 3. The van der Waals surface area contributed by atoms with Crippen LogP contribution in [0, 0.1) is 0 Å². The first kappa shape index (κ1) is 17.1. The lowest BCUT2D eigenvalue weighted by Crippen LogP contribution is -2.65. The highest BCUT2D eigenvalue weighted by Crippen LogP contribution is 2.23. The van der Waals surface area contributed by atoms with Gasteiger partial charge in [-0.2, -0.15) is 0 Å². The average molecular weight is 306 g/mol. The molecule has 0 aliphatic carbocycles. The second-order valence-corrected chi connectivity index (χ2v) is 4.47. The Hall–Kier alpha value is -1.91. The number of primary amides is 1. The first-order valence-electron chi connectivity index (χ1n) is 6.10. The first-order valence-corrected chi connectivity index (χ1v) is 6.10. The van der Waals surface area contributed by atoms with E-state index in [1.54, 1.807) is 0 Å². The molecule has 0 aromatic heterocycles. The molecule has 0 spiro atoms. The predicted molar refractivity (Wildman–Crippen MR) is 65.6 cm³/mol. The highest BCUT2D eigenvalue weighted by molar-refractivity contribution is 5.72. The topological polar surface area (TPSA) is 157 Å². The lowest BCUT2D eigenvalue weighted by Gasteiger charge is -2.41. The Morgan fingerprint density at radius 2 is 1.86 bits per heavy atom. The van der Waals surface area contributed by atoms with E-state index in [1.165, 1.54) is 0 Å². The van der Waals surface area contributed by atoms with Gasteiger partial charge in [0.05, 0.1) is 0 Å². The van der Waals surface area contributed by atoms with Crippen molar-refractivity contribution in [3.63, 3.8) is 0 Å². The van der Waals surface area contributed by atoms with E-state index in [0.717, 1.165) is 13.8 Å². The average Bonchev–Trinajstić information content (AvgIpc) is 2.35. The fourth-order valence-electron chi connectivity index (χ4n) is 1.93. The van der Waals surface area contributed by atoms with E-state index in [4.69, 9.17) is 19.9 Å². The Bertz CT molecular complexity index is 413. The number of amides is 2. The Morgan fingerprint density at radius 3 is 2.33 bits per heavy atom. The number of nitrogens with two attached hydrogens (primary N) is 1. The van der Waals surface area contributed by atoms with Crippen molar-refractivity contribution in [1.82, 2.24) is 5.32 Å². The third kappa shape index (κ3) is 4.85. The van der Waals surface area contributed by atoms with Crippen LogP contribution in [0.1, 0.15) is 13.8 Å². The molecular weight excluding hydrogens is 288 g/mol. The number of esters is 2. The van der Waals surface area contributed by atoms with E-state index in [-0.39, 0.29) is 6.61 Å². The summed E-state index contributed by atoms with van der Waals surface area (Å²) in [6.45, 7) is 1.93. The zero-order chi connectivity index (χ0) is 16.2. The Morgan fingerprint density at radius 1 is 1.24 bits per heavy atom. The molecule has 10 heteroatoms. The lowest BCUT2D eigenvalue weighted by atomic mass is 9.97. The minimum Gasteiger partial charge on any atom is -0.463 e. The summed E-state index contributed by atoms with van der Waals surface area (Å²) in [4.78, 5) is 32.7. The molecule has 0 bridgehead atoms. The molecule has 1 aliphatic heterocycles. The molecule has 1 heterocycles. The van der Waals surface area contributed by atoms with Crippen molar-refractivity contribution >= 4 is 18.0 Å². The maximum Gasteiger partial charge on any atom is 0.312 e. The maximum absolute atomic E-state index is 11.1. The van der Waals surface area contributed by atoms with Gasteiger partial charge in [-0.25, -0.2) is 4.79 Å². The highest BCUT2D eigenvalue weighted by atomic mass is 16.7. The summed E-state index contributed by atoms with van der Waals surface area (Å²) in [6.07, 6.45) is -5.44. The van der Waals surface area contributed by atoms with Crippen molar-refractivity contribution < 1.29 is 38.8 Å². The Labute approximate surface area is 120 Å². The standard InChI is InChI=1S/C11H18N2O8/c1-4(14)19-3-6-9(20-5(2)15)8(16)7(10(17)21-6)13-11(12)18/h6-10,16-17H,3H2,1-2H3,(H3,12,13,18)/t6-,7-,8-,9-,10-/m1/s1. The number of aliphatic hydroxyl groups excluding tert-OH is 2. The van der Waals surface area contributed by atoms with Crippen molar-refractivity contribution in [3.05, 3.63) is 0 Å². The Kier molecular flexibility index (Phi) is 5.88. The zero-order valence-corrected chi connectivity index (χ0v) is 11.5. The molecule has 120 valence electrons. The quantitative estimate of drug-likeness (QED) is 0.418. The third-order valence-corrected chi connectivity index (χ3v) is 2.75. The number of ether oxygens (including phenoxy) is 3. The van der Waals surface area contributed by atoms with E-state index >= 15 is 0 Å². The van der Waals surface area contributed by atoms with Crippen molar-refractivity contribution in [2.75, 3.05) is 6.61 Å². The van der Waals surface area contributed by atoms with Gasteiger partial charge in [0.25, 0.3) is 0 Å². The molecule has 1 saturated heterocycles. The molecule has 10 nitrogen and oxygen atoms in total. The zero-order valence-electron chi connectivity index (χ0n) is 11.5. The molecule has 5 atom stereocenters. The van der Waals surface area contributed by atoms with Gasteiger partial charge in [-0.1, -0.05) is 0 Å². The summed E-state index contributed by atoms with van der Waals surface area (Å²) in [7, 11) is 0. The van der Waals surface area contributed by atoms with Crippen LogP contribution in [0.4, 0.5) is 4.79 Å². The second-order valence-electron chi connectivity index (χ2n) is 4.47. The summed E-state index contributed by atoms with van der Waals surface area (Å²) in [5.74, 6) is -1.33. The molecule has 2 amide bonds. The summed E-state index contributed by atoms with van der Waals surface area (Å²) in [5, 5.41) is 21.9. The summed E-state index contributed by atoms with van der Waals surface area (Å²) >= 11 is 0. The summed E-state index contributed by atoms with van der Waals surface area (Å²) in [6, 6.07) is -2.29. The summed E-state index contributed by atoms with van der Waals surface area (Å²) < 4.78 is 14.7. The highest BCUT2D eigenvalue weighted by Gasteiger charge is 2.47. The smallest absolute Gasteiger partial charge is 0.312 e. The van der Waals surface area contributed by atoms with E-state index in [2.05, 4.69) is 5.32 Å². The monoisotopic (exact) mass is 306 g/mol. The number of nitrogens with one attached hydrogen (secondary N) is 1. The SMILES string of the molecule is CC(=O)OC[C@H]1O[C@@H](O)[C@H](NC(N)=O)[C@@H](O)[C@@H]1OC(C)=O. The third-order valence-electron chi connectivity index (χ3n) is 2.75. The number of hydrogen-bond donors (Lipinski definition) is 4. The molecule has 0 radical (unpaired) electrons. The molecule has 0 unspecified atom stereocenters. The van der Waals surface area contributed by atoms with Crippen LogP contribution in [0.25, 0.3) is 0 Å². The molecule has 1 fully saturated rings. The number of hydrogen-bond acceptors (Lipinski definition) is 8. The number of rotatable bonds is 4. The lowest BCUT2D eigenvalue weighted by molar-refractivity contribution is -0.259. The van der Waals surface area contributed by atoms with Gasteiger partial charge in [0.1, 0.15) is 24.9 Å². The molecule has 1 aliphatic rings. The van der Waals surface area contributed by atoms with Crippen LogP contribution < -0.4 is 11.1 Å². The van der Waals surface area contributed by atoms with Gasteiger partial charge in [-0.05, 0) is 0 Å². The molecule has 0 aromatic carbocycles. The van der Waals surface area contributed by atoms with Crippen LogP contribution in [0.2, 0.25) is 0 Å². The minimum absolute atomic E-state index is 0.343. The van der Waals surface area contributed by atoms with E-state index in [9.17, 15) is 24.6 Å².